The zero-order valence-corrected chi connectivity index (χ0v) is 19.1. The molecule has 2 aromatic rings. The maximum Gasteiger partial charge on any atom is 0.328 e. The predicted molar refractivity (Wildman–Crippen MR) is 122 cm³/mol. The van der Waals surface area contributed by atoms with Crippen molar-refractivity contribution in [3.05, 3.63) is 70.5 Å². The maximum absolute atomic E-state index is 13.7. The van der Waals surface area contributed by atoms with Crippen LogP contribution in [0.15, 0.2) is 58.3 Å². The zero-order valence-electron chi connectivity index (χ0n) is 17.5. The lowest BCUT2D eigenvalue weighted by Gasteiger charge is -2.38. The molecule has 6 nitrogen and oxygen atoms in total. The Morgan fingerprint density at radius 3 is 2.31 bits per heavy atom. The van der Waals surface area contributed by atoms with Crippen molar-refractivity contribution in [2.75, 3.05) is 33.2 Å². The highest BCUT2D eigenvalue weighted by molar-refractivity contribution is 7.99. The van der Waals surface area contributed by atoms with Crippen LogP contribution in [-0.4, -0.2) is 65.2 Å². The molecule has 0 saturated carbocycles. The first-order valence-electron chi connectivity index (χ1n) is 10.0. The van der Waals surface area contributed by atoms with Crippen LogP contribution < -0.4 is 0 Å². The lowest BCUT2D eigenvalue weighted by atomic mass is 9.96. The molecule has 2 aliphatic heterocycles. The molecule has 9 heteroatoms. The highest BCUT2D eigenvalue weighted by Crippen LogP contribution is 2.44. The fraction of sp³-hybridized carbons (Fsp3) is 0.304. The van der Waals surface area contributed by atoms with Crippen LogP contribution in [0.5, 0.6) is 0 Å². The topological polar surface area (TPSA) is 81.1 Å². The van der Waals surface area contributed by atoms with E-state index in [0.29, 0.717) is 18.2 Å². The third kappa shape index (κ3) is 6.56. The number of benzene rings is 2. The molecule has 2 aromatic carbocycles. The van der Waals surface area contributed by atoms with Gasteiger partial charge in [0.15, 0.2) is 0 Å². The van der Waals surface area contributed by atoms with Gasteiger partial charge in [-0.2, -0.15) is 0 Å². The third-order valence-electron chi connectivity index (χ3n) is 5.34. The summed E-state index contributed by atoms with van der Waals surface area (Å²) in [5, 5.41) is 16.4. The Morgan fingerprint density at radius 1 is 1.03 bits per heavy atom. The highest BCUT2D eigenvalue weighted by Gasteiger charge is 2.29. The molecule has 0 bridgehead atoms. The molecule has 2 N–H and O–H groups in total. The molecule has 2 heterocycles. The van der Waals surface area contributed by atoms with Gasteiger partial charge in [-0.3, -0.25) is 4.90 Å². The lowest BCUT2D eigenvalue weighted by Crippen LogP contribution is -2.46. The van der Waals surface area contributed by atoms with Crippen molar-refractivity contribution < 1.29 is 24.2 Å². The fourth-order valence-corrected chi connectivity index (χ4v) is 5.02. The Bertz CT molecular complexity index is 1010. The van der Waals surface area contributed by atoms with Crippen LogP contribution in [-0.2, 0) is 16.0 Å². The summed E-state index contributed by atoms with van der Waals surface area (Å²) in [4.78, 5) is 26.2. The van der Waals surface area contributed by atoms with Gasteiger partial charge in [-0.05, 0) is 54.9 Å². The van der Waals surface area contributed by atoms with Crippen molar-refractivity contribution in [3.8, 4) is 0 Å². The van der Waals surface area contributed by atoms with Crippen molar-refractivity contribution >= 4 is 35.3 Å². The number of nitrogens with zero attached hydrogens (tertiary/aromatic N) is 2. The van der Waals surface area contributed by atoms with Crippen LogP contribution in [0.3, 0.4) is 0 Å². The molecule has 170 valence electrons. The summed E-state index contributed by atoms with van der Waals surface area (Å²) in [6.45, 7) is 4.26. The average Bonchev–Trinajstić information content (AvgIpc) is 2.89. The Hall–Kier alpha value is -2.39. The van der Waals surface area contributed by atoms with Gasteiger partial charge in [-0.1, -0.05) is 29.4 Å². The van der Waals surface area contributed by atoms with Crippen molar-refractivity contribution in [2.45, 2.75) is 22.3 Å². The Kier molecular flexibility index (Phi) is 8.31. The number of fused-ring (bicyclic) bond motifs is 2. The zero-order chi connectivity index (χ0) is 23.3. The Labute approximate surface area is 195 Å². The van der Waals surface area contributed by atoms with E-state index < -0.39 is 11.9 Å². The third-order valence-corrected chi connectivity index (χ3v) is 6.77. The first kappa shape index (κ1) is 24.3. The van der Waals surface area contributed by atoms with Gasteiger partial charge in [-0.25, -0.2) is 14.0 Å². The smallest absolute Gasteiger partial charge is 0.328 e. The van der Waals surface area contributed by atoms with Crippen molar-refractivity contribution in [1.29, 1.82) is 0 Å². The normalized spacial score (nSPS) is 18.8. The minimum Gasteiger partial charge on any atom is -0.478 e. The van der Waals surface area contributed by atoms with E-state index >= 15 is 0 Å². The number of halogens is 2. The van der Waals surface area contributed by atoms with Gasteiger partial charge < -0.3 is 15.1 Å². The maximum atomic E-state index is 13.7. The lowest BCUT2D eigenvalue weighted by molar-refractivity contribution is -0.134. The quantitative estimate of drug-likeness (QED) is 0.640. The van der Waals surface area contributed by atoms with Crippen LogP contribution in [0, 0.1) is 5.82 Å². The number of carboxylic acids is 2. The number of piperazine rings is 1. The molecule has 1 saturated heterocycles. The molecule has 2 aliphatic rings. The van der Waals surface area contributed by atoms with Crippen LogP contribution in [0.4, 0.5) is 4.39 Å². The number of aliphatic carboxylic acids is 2. The highest BCUT2D eigenvalue weighted by atomic mass is 35.5. The van der Waals surface area contributed by atoms with E-state index in [1.165, 1.54) is 16.0 Å². The minimum absolute atomic E-state index is 0.171. The second kappa shape index (κ2) is 11.0. The van der Waals surface area contributed by atoms with E-state index in [1.54, 1.807) is 23.9 Å². The van der Waals surface area contributed by atoms with E-state index in [2.05, 4.69) is 29.0 Å². The SMILES string of the molecule is CN1CCN(C2Cc3ccc(F)cc3Sc3ccc(Cl)cc32)CC1.O=C(O)/C=C/C(=O)O. The van der Waals surface area contributed by atoms with Gasteiger partial charge in [0.2, 0.25) is 0 Å². The van der Waals surface area contributed by atoms with Gasteiger partial charge in [0, 0.05) is 59.2 Å². The number of carbonyl (C=O) groups is 2. The fourth-order valence-electron chi connectivity index (χ4n) is 3.70. The molecule has 0 aliphatic carbocycles. The van der Waals surface area contributed by atoms with Gasteiger partial charge >= 0.3 is 11.9 Å². The van der Waals surface area contributed by atoms with Gasteiger partial charge in [0.25, 0.3) is 0 Å². The van der Waals surface area contributed by atoms with E-state index in [1.807, 2.05) is 12.1 Å². The number of hydrogen-bond donors (Lipinski definition) is 2. The van der Waals surface area contributed by atoms with Crippen molar-refractivity contribution in [3.63, 3.8) is 0 Å². The standard InChI is InChI=1S/C19H20ClFN2S.C4H4O4/c1-22-6-8-23(9-7-22)17-10-13-2-4-15(21)12-19(13)24-18-5-3-14(20)11-16(17)18;5-3(6)1-2-4(7)8/h2-5,11-12,17H,6-10H2,1H3;1-2H,(H,5,6)(H,7,8)/b;2-1+. The summed E-state index contributed by atoms with van der Waals surface area (Å²) in [5.41, 5.74) is 2.49. The Balaban J connectivity index is 0.000000312. The van der Waals surface area contributed by atoms with Gasteiger partial charge in [-0.15, -0.1) is 0 Å². The van der Waals surface area contributed by atoms with Crippen LogP contribution in [0.2, 0.25) is 5.02 Å². The molecule has 0 radical (unpaired) electrons. The summed E-state index contributed by atoms with van der Waals surface area (Å²) in [5.74, 6) is -2.69. The van der Waals surface area contributed by atoms with E-state index in [4.69, 9.17) is 21.8 Å². The number of hydrogen-bond acceptors (Lipinski definition) is 5. The van der Waals surface area contributed by atoms with E-state index in [0.717, 1.165) is 42.5 Å². The molecule has 1 fully saturated rings. The molecule has 4 rings (SSSR count). The number of likely N-dealkylation sites (N-methyl/N-ethyl adjacent to an activating group) is 1. The van der Waals surface area contributed by atoms with Crippen molar-refractivity contribution in [1.82, 2.24) is 9.80 Å². The second-order valence-corrected chi connectivity index (χ2v) is 9.13. The summed E-state index contributed by atoms with van der Waals surface area (Å²) in [6, 6.07) is 11.6. The van der Waals surface area contributed by atoms with Crippen LogP contribution in [0.25, 0.3) is 0 Å². The second-order valence-electron chi connectivity index (χ2n) is 7.61. The molecule has 0 aromatic heterocycles. The summed E-state index contributed by atoms with van der Waals surface area (Å²) in [6.07, 6.45) is 2.02. The largest absolute Gasteiger partial charge is 0.478 e. The monoisotopic (exact) mass is 478 g/mol. The van der Waals surface area contributed by atoms with Crippen LogP contribution >= 0.6 is 23.4 Å². The number of carboxylic acid groups (broad SMARTS) is 2. The average molecular weight is 479 g/mol. The molecule has 1 unspecified atom stereocenters. The molecule has 0 amide bonds. The first-order valence-corrected chi connectivity index (χ1v) is 11.2. The molecule has 1 atom stereocenters. The Morgan fingerprint density at radius 2 is 1.69 bits per heavy atom. The molecule has 0 spiro atoms. The predicted octanol–water partition coefficient (Wildman–Crippen LogP) is 4.19. The first-order chi connectivity index (χ1) is 15.2. The molecular weight excluding hydrogens is 455 g/mol. The minimum atomic E-state index is -1.26. The summed E-state index contributed by atoms with van der Waals surface area (Å²) < 4.78 is 13.7. The van der Waals surface area contributed by atoms with Crippen molar-refractivity contribution in [2.24, 2.45) is 0 Å². The van der Waals surface area contributed by atoms with E-state index in [9.17, 15) is 14.0 Å². The molecular formula is C23H24ClFN2O4S. The van der Waals surface area contributed by atoms with Gasteiger partial charge in [0.05, 0.1) is 0 Å². The summed E-state index contributed by atoms with van der Waals surface area (Å²) in [7, 11) is 2.17. The van der Waals surface area contributed by atoms with E-state index in [-0.39, 0.29) is 5.82 Å². The van der Waals surface area contributed by atoms with Gasteiger partial charge in [0.1, 0.15) is 5.82 Å². The number of rotatable bonds is 3. The molecule has 32 heavy (non-hydrogen) atoms. The summed E-state index contributed by atoms with van der Waals surface area (Å²) >= 11 is 7.96. The van der Waals surface area contributed by atoms with Crippen LogP contribution in [0.1, 0.15) is 17.2 Å².